The van der Waals surface area contributed by atoms with Crippen molar-refractivity contribution in [2.24, 2.45) is 0 Å². The number of thiophene rings is 1. The maximum Gasteiger partial charge on any atom is 0.282 e. The second-order valence-electron chi connectivity index (χ2n) is 7.46. The maximum atomic E-state index is 13.6. The maximum absolute atomic E-state index is 13.6. The smallest absolute Gasteiger partial charge is 0.282 e. The molecule has 2 amide bonds. The van der Waals surface area contributed by atoms with Gasteiger partial charge in [-0.2, -0.15) is 0 Å². The van der Waals surface area contributed by atoms with Gasteiger partial charge in [0.05, 0.1) is 18.4 Å². The third kappa shape index (κ3) is 3.45. The first-order chi connectivity index (χ1) is 14.0. The molecule has 1 aromatic heterocycles. The number of carbonyl (C=O) groups is 2. The van der Waals surface area contributed by atoms with Crippen molar-refractivity contribution >= 4 is 34.4 Å². The molecule has 0 saturated carbocycles. The molecular formula is C22H25N3O3S. The van der Waals surface area contributed by atoms with Crippen LogP contribution in [0.4, 0.5) is 5.69 Å². The van der Waals surface area contributed by atoms with Gasteiger partial charge < -0.3 is 14.5 Å². The standard InChI is InChI=1S/C22H25N3O3S/c1-23-12-10-15(11-13-23)24(2)20-19(18-9-6-14-29-18)21(26)25(22(20)27)16-7-4-5-8-17(16)28-3/h4-9,14-15H,10-13H2,1-3H3. The Kier molecular flexibility index (Phi) is 5.43. The average Bonchev–Trinajstić information content (AvgIpc) is 3.34. The Morgan fingerprint density at radius 3 is 2.45 bits per heavy atom. The number of rotatable bonds is 5. The number of benzene rings is 1. The van der Waals surface area contributed by atoms with E-state index in [4.69, 9.17) is 4.74 Å². The number of hydrogen-bond donors (Lipinski definition) is 0. The number of hydrogen-bond acceptors (Lipinski definition) is 6. The predicted molar refractivity (Wildman–Crippen MR) is 115 cm³/mol. The van der Waals surface area contributed by atoms with Crippen LogP contribution in [0.5, 0.6) is 5.75 Å². The molecule has 152 valence electrons. The third-order valence-corrected chi connectivity index (χ3v) is 6.63. The number of imide groups is 1. The zero-order valence-electron chi connectivity index (χ0n) is 16.9. The van der Waals surface area contributed by atoms with E-state index in [1.807, 2.05) is 41.6 Å². The molecule has 0 aliphatic carbocycles. The van der Waals surface area contributed by atoms with Gasteiger partial charge in [0.1, 0.15) is 11.4 Å². The van der Waals surface area contributed by atoms with E-state index < -0.39 is 0 Å². The van der Waals surface area contributed by atoms with Crippen molar-refractivity contribution in [1.82, 2.24) is 9.80 Å². The molecule has 0 unspecified atom stereocenters. The number of para-hydroxylation sites is 2. The molecule has 6 nitrogen and oxygen atoms in total. The van der Waals surface area contributed by atoms with Crippen molar-refractivity contribution in [3.8, 4) is 5.75 Å². The summed E-state index contributed by atoms with van der Waals surface area (Å²) >= 11 is 1.48. The van der Waals surface area contributed by atoms with Crippen molar-refractivity contribution in [2.45, 2.75) is 18.9 Å². The van der Waals surface area contributed by atoms with Gasteiger partial charge in [0.15, 0.2) is 0 Å². The molecule has 0 N–H and O–H groups in total. The number of likely N-dealkylation sites (N-methyl/N-ethyl adjacent to an activating group) is 1. The van der Waals surface area contributed by atoms with Gasteiger partial charge in [-0.15, -0.1) is 11.3 Å². The number of piperidine rings is 1. The number of likely N-dealkylation sites (tertiary alicyclic amines) is 1. The fourth-order valence-corrected chi connectivity index (χ4v) is 4.85. The van der Waals surface area contributed by atoms with Crippen LogP contribution < -0.4 is 9.64 Å². The summed E-state index contributed by atoms with van der Waals surface area (Å²) in [5.41, 5.74) is 1.45. The summed E-state index contributed by atoms with van der Waals surface area (Å²) in [4.78, 5) is 33.5. The topological polar surface area (TPSA) is 53.1 Å². The number of nitrogens with zero attached hydrogens (tertiary/aromatic N) is 3. The number of carbonyl (C=O) groups excluding carboxylic acids is 2. The van der Waals surface area contributed by atoms with Crippen LogP contribution in [0.15, 0.2) is 47.5 Å². The summed E-state index contributed by atoms with van der Waals surface area (Å²) in [5.74, 6) is -0.0796. The van der Waals surface area contributed by atoms with E-state index >= 15 is 0 Å². The summed E-state index contributed by atoms with van der Waals surface area (Å²) in [6.07, 6.45) is 1.93. The van der Waals surface area contributed by atoms with E-state index in [0.29, 0.717) is 22.7 Å². The Bertz CT molecular complexity index is 946. The van der Waals surface area contributed by atoms with E-state index in [1.165, 1.54) is 16.2 Å². The molecule has 4 rings (SSSR count). The molecule has 7 heteroatoms. The molecule has 0 spiro atoms. The van der Waals surface area contributed by atoms with Crippen LogP contribution in [-0.2, 0) is 9.59 Å². The van der Waals surface area contributed by atoms with Crippen molar-refractivity contribution in [1.29, 1.82) is 0 Å². The fraction of sp³-hybridized carbons (Fsp3) is 0.364. The molecule has 0 bridgehead atoms. The lowest BCUT2D eigenvalue weighted by Gasteiger charge is -2.36. The van der Waals surface area contributed by atoms with Gasteiger partial charge >= 0.3 is 0 Å². The molecule has 1 fully saturated rings. The molecule has 3 heterocycles. The lowest BCUT2D eigenvalue weighted by atomic mass is 10.0. The van der Waals surface area contributed by atoms with Gasteiger partial charge in [-0.05, 0) is 56.6 Å². The summed E-state index contributed by atoms with van der Waals surface area (Å²) < 4.78 is 5.42. The minimum absolute atomic E-state index is 0.227. The predicted octanol–water partition coefficient (Wildman–Crippen LogP) is 3.07. The second kappa shape index (κ2) is 8.00. The van der Waals surface area contributed by atoms with Crippen molar-refractivity contribution in [3.63, 3.8) is 0 Å². The van der Waals surface area contributed by atoms with Gasteiger partial charge in [-0.1, -0.05) is 18.2 Å². The monoisotopic (exact) mass is 411 g/mol. The molecule has 1 aromatic carbocycles. The summed E-state index contributed by atoms with van der Waals surface area (Å²) in [7, 11) is 5.60. The lowest BCUT2D eigenvalue weighted by Crippen LogP contribution is -2.43. The molecule has 0 radical (unpaired) electrons. The molecule has 2 aromatic rings. The highest BCUT2D eigenvalue weighted by Gasteiger charge is 2.44. The minimum atomic E-state index is -0.295. The van der Waals surface area contributed by atoms with E-state index in [9.17, 15) is 9.59 Å². The average molecular weight is 412 g/mol. The zero-order chi connectivity index (χ0) is 20.5. The van der Waals surface area contributed by atoms with Crippen molar-refractivity contribution in [3.05, 3.63) is 52.4 Å². The molecule has 2 aliphatic heterocycles. The van der Waals surface area contributed by atoms with Crippen LogP contribution in [0, 0.1) is 0 Å². The zero-order valence-corrected chi connectivity index (χ0v) is 17.7. The molecule has 0 atom stereocenters. The third-order valence-electron chi connectivity index (χ3n) is 5.74. The van der Waals surface area contributed by atoms with Crippen LogP contribution in [0.1, 0.15) is 17.7 Å². The van der Waals surface area contributed by atoms with E-state index in [-0.39, 0.29) is 17.9 Å². The second-order valence-corrected chi connectivity index (χ2v) is 8.41. The quantitative estimate of drug-likeness (QED) is 0.708. The van der Waals surface area contributed by atoms with Crippen LogP contribution in [0.2, 0.25) is 0 Å². The Morgan fingerprint density at radius 2 is 1.79 bits per heavy atom. The Hall–Kier alpha value is -2.64. The minimum Gasteiger partial charge on any atom is -0.495 e. The molecule has 1 saturated heterocycles. The largest absolute Gasteiger partial charge is 0.495 e. The van der Waals surface area contributed by atoms with Gasteiger partial charge in [0.2, 0.25) is 0 Å². The number of methoxy groups -OCH3 is 1. The van der Waals surface area contributed by atoms with Gasteiger partial charge in [0.25, 0.3) is 11.8 Å². The first-order valence-electron chi connectivity index (χ1n) is 9.74. The van der Waals surface area contributed by atoms with Crippen LogP contribution >= 0.6 is 11.3 Å². The van der Waals surface area contributed by atoms with Crippen molar-refractivity contribution in [2.75, 3.05) is 39.2 Å². The molecule has 29 heavy (non-hydrogen) atoms. The fourth-order valence-electron chi connectivity index (χ4n) is 4.09. The van der Waals surface area contributed by atoms with Crippen LogP contribution in [0.25, 0.3) is 5.57 Å². The summed E-state index contributed by atoms with van der Waals surface area (Å²) in [5, 5.41) is 1.93. The Labute approximate surface area is 175 Å². The highest BCUT2D eigenvalue weighted by atomic mass is 32.1. The Morgan fingerprint density at radius 1 is 1.07 bits per heavy atom. The summed E-state index contributed by atoms with van der Waals surface area (Å²) in [6.45, 7) is 1.96. The SMILES string of the molecule is COc1ccccc1N1C(=O)C(c2cccs2)=C(N(C)C2CCN(C)CC2)C1=O. The highest BCUT2D eigenvalue weighted by Crippen LogP contribution is 2.40. The van der Waals surface area contributed by atoms with E-state index in [1.54, 1.807) is 19.2 Å². The first-order valence-corrected chi connectivity index (χ1v) is 10.6. The first kappa shape index (κ1) is 19.7. The van der Waals surface area contributed by atoms with E-state index in [0.717, 1.165) is 30.8 Å². The van der Waals surface area contributed by atoms with Gasteiger partial charge in [-0.3, -0.25) is 9.59 Å². The van der Waals surface area contributed by atoms with Crippen LogP contribution in [-0.4, -0.2) is 62.0 Å². The number of amides is 2. The van der Waals surface area contributed by atoms with Crippen LogP contribution in [0.3, 0.4) is 0 Å². The van der Waals surface area contributed by atoms with Gasteiger partial charge in [0, 0.05) is 18.0 Å². The van der Waals surface area contributed by atoms with E-state index in [2.05, 4.69) is 11.9 Å². The molecular weight excluding hydrogens is 386 g/mol. The normalized spacial score (nSPS) is 18.7. The van der Waals surface area contributed by atoms with Gasteiger partial charge in [-0.25, -0.2) is 4.90 Å². The highest BCUT2D eigenvalue weighted by molar-refractivity contribution is 7.11. The number of anilines is 1. The number of ether oxygens (including phenoxy) is 1. The van der Waals surface area contributed by atoms with Crippen molar-refractivity contribution < 1.29 is 14.3 Å². The lowest BCUT2D eigenvalue weighted by molar-refractivity contribution is -0.120. The molecule has 2 aliphatic rings. The Balaban J connectivity index is 1.77. The summed E-state index contributed by atoms with van der Waals surface area (Å²) in [6, 6.07) is 11.2.